The molecule has 0 saturated carbocycles. The van der Waals surface area contributed by atoms with Crippen LogP contribution in [0.3, 0.4) is 0 Å². The molecule has 3 aromatic heterocycles. The van der Waals surface area contributed by atoms with E-state index in [9.17, 15) is 4.79 Å². The summed E-state index contributed by atoms with van der Waals surface area (Å²) in [6, 6.07) is 18.9. The molecule has 0 fully saturated rings. The minimum absolute atomic E-state index is 0.113. The molecular formula is C23H18N4O3S. The molecule has 5 aromatic rings. The van der Waals surface area contributed by atoms with E-state index in [1.165, 1.54) is 11.8 Å². The maximum atomic E-state index is 13.1. The summed E-state index contributed by atoms with van der Waals surface area (Å²) in [6.07, 6.45) is 1.59. The van der Waals surface area contributed by atoms with Gasteiger partial charge in [-0.05, 0) is 43.3 Å². The van der Waals surface area contributed by atoms with Gasteiger partial charge in [-0.15, -0.1) is 0 Å². The van der Waals surface area contributed by atoms with E-state index in [4.69, 9.17) is 13.9 Å². The van der Waals surface area contributed by atoms with Gasteiger partial charge in [0.15, 0.2) is 11.0 Å². The van der Waals surface area contributed by atoms with Crippen LogP contribution in [-0.4, -0.2) is 19.7 Å². The van der Waals surface area contributed by atoms with Crippen LogP contribution >= 0.6 is 11.8 Å². The van der Waals surface area contributed by atoms with Crippen LogP contribution in [0.2, 0.25) is 0 Å². The van der Waals surface area contributed by atoms with Crippen LogP contribution in [0.1, 0.15) is 17.1 Å². The zero-order valence-corrected chi connectivity index (χ0v) is 17.5. The molecule has 3 heterocycles. The summed E-state index contributed by atoms with van der Waals surface area (Å²) in [6.45, 7) is 2.31. The summed E-state index contributed by atoms with van der Waals surface area (Å²) in [4.78, 5) is 22.3. The molecule has 5 rings (SSSR count). The summed E-state index contributed by atoms with van der Waals surface area (Å²) in [7, 11) is 0. The van der Waals surface area contributed by atoms with Gasteiger partial charge in [0.1, 0.15) is 5.76 Å². The van der Waals surface area contributed by atoms with Gasteiger partial charge < -0.3 is 8.94 Å². The van der Waals surface area contributed by atoms with Crippen molar-refractivity contribution in [2.24, 2.45) is 0 Å². The molecule has 0 aliphatic heterocycles. The molecule has 7 nitrogen and oxygen atoms in total. The summed E-state index contributed by atoms with van der Waals surface area (Å²) in [5.41, 5.74) is 2.54. The van der Waals surface area contributed by atoms with Gasteiger partial charge in [-0.1, -0.05) is 46.7 Å². The highest BCUT2D eigenvalue weighted by molar-refractivity contribution is 7.98. The summed E-state index contributed by atoms with van der Waals surface area (Å²) < 4.78 is 12.5. The van der Waals surface area contributed by atoms with Crippen LogP contribution in [-0.2, 0) is 12.3 Å². The van der Waals surface area contributed by atoms with E-state index in [1.54, 1.807) is 23.0 Å². The third-order valence-electron chi connectivity index (χ3n) is 4.78. The van der Waals surface area contributed by atoms with E-state index in [-0.39, 0.29) is 5.56 Å². The molecule has 0 atom stereocenters. The number of para-hydroxylation sites is 1. The van der Waals surface area contributed by atoms with Gasteiger partial charge in [-0.2, -0.15) is 4.98 Å². The Kier molecular flexibility index (Phi) is 5.13. The van der Waals surface area contributed by atoms with Crippen molar-refractivity contribution in [1.82, 2.24) is 19.7 Å². The smallest absolute Gasteiger partial charge is 0.262 e. The first-order chi connectivity index (χ1) is 15.2. The van der Waals surface area contributed by atoms with Crippen LogP contribution in [0.15, 0.2) is 85.8 Å². The fraction of sp³-hybridized carbons (Fsp3) is 0.130. The first kappa shape index (κ1) is 19.3. The summed E-state index contributed by atoms with van der Waals surface area (Å²) in [5, 5.41) is 5.23. The highest BCUT2D eigenvalue weighted by Crippen LogP contribution is 2.24. The molecule has 31 heavy (non-hydrogen) atoms. The van der Waals surface area contributed by atoms with E-state index >= 15 is 0 Å². The van der Waals surface area contributed by atoms with E-state index in [0.29, 0.717) is 45.8 Å². The number of nitrogens with zero attached hydrogens (tertiary/aromatic N) is 4. The van der Waals surface area contributed by atoms with Crippen LogP contribution in [0.4, 0.5) is 0 Å². The van der Waals surface area contributed by atoms with Crippen LogP contribution in [0.25, 0.3) is 22.4 Å². The molecule has 0 radical (unpaired) electrons. The lowest BCUT2D eigenvalue weighted by Gasteiger charge is -2.11. The molecule has 0 bridgehead atoms. The number of hydrogen-bond donors (Lipinski definition) is 0. The predicted octanol–water partition coefficient (Wildman–Crippen LogP) is 4.69. The average Bonchev–Trinajstić information content (AvgIpc) is 3.47. The molecule has 154 valence electrons. The van der Waals surface area contributed by atoms with Crippen molar-refractivity contribution < 1.29 is 8.94 Å². The normalized spacial score (nSPS) is 11.3. The monoisotopic (exact) mass is 430 g/mol. The number of thioether (sulfide) groups is 1. The molecule has 0 N–H and O–H groups in total. The van der Waals surface area contributed by atoms with E-state index in [1.807, 2.05) is 55.5 Å². The van der Waals surface area contributed by atoms with Crippen molar-refractivity contribution in [1.29, 1.82) is 0 Å². The lowest BCUT2D eigenvalue weighted by Crippen LogP contribution is -2.23. The summed E-state index contributed by atoms with van der Waals surface area (Å²) >= 11 is 1.39. The Hall–Kier alpha value is -3.65. The zero-order chi connectivity index (χ0) is 21.2. The Labute approximate surface area is 181 Å². The van der Waals surface area contributed by atoms with Crippen molar-refractivity contribution in [3.05, 3.63) is 94.4 Å². The van der Waals surface area contributed by atoms with Crippen molar-refractivity contribution in [2.75, 3.05) is 0 Å². The van der Waals surface area contributed by atoms with Gasteiger partial charge in [0.2, 0.25) is 0 Å². The topological polar surface area (TPSA) is 87.0 Å². The predicted molar refractivity (Wildman–Crippen MR) is 118 cm³/mol. The number of rotatable bonds is 6. The number of fused-ring (bicyclic) bond motifs is 1. The SMILES string of the molecule is Cc1cccc(-c2nc(CSc3nc4ccccc4c(=O)n3Cc3ccco3)no2)c1. The lowest BCUT2D eigenvalue weighted by molar-refractivity contribution is 0.425. The lowest BCUT2D eigenvalue weighted by atomic mass is 10.1. The van der Waals surface area contributed by atoms with Crippen molar-refractivity contribution in [3.8, 4) is 11.5 Å². The molecular weight excluding hydrogens is 412 g/mol. The average molecular weight is 430 g/mol. The third-order valence-corrected chi connectivity index (χ3v) is 5.76. The number of benzene rings is 2. The Morgan fingerprint density at radius 3 is 2.77 bits per heavy atom. The van der Waals surface area contributed by atoms with Gasteiger partial charge in [0, 0.05) is 5.56 Å². The number of aryl methyl sites for hydroxylation is 1. The molecule has 8 heteroatoms. The highest BCUT2D eigenvalue weighted by atomic mass is 32.2. The van der Waals surface area contributed by atoms with Gasteiger partial charge in [-0.3, -0.25) is 9.36 Å². The second-order valence-corrected chi connectivity index (χ2v) is 8.00. The molecule has 0 aliphatic rings. The van der Waals surface area contributed by atoms with Gasteiger partial charge >= 0.3 is 0 Å². The van der Waals surface area contributed by atoms with Crippen molar-refractivity contribution in [3.63, 3.8) is 0 Å². The maximum Gasteiger partial charge on any atom is 0.262 e. The summed E-state index contributed by atoms with van der Waals surface area (Å²) in [5.74, 6) is 2.10. The molecule has 0 saturated heterocycles. The third kappa shape index (κ3) is 4.02. The second-order valence-electron chi connectivity index (χ2n) is 7.06. The molecule has 0 aliphatic carbocycles. The van der Waals surface area contributed by atoms with Crippen LogP contribution in [0, 0.1) is 6.92 Å². The van der Waals surface area contributed by atoms with Crippen LogP contribution in [0.5, 0.6) is 0 Å². The fourth-order valence-electron chi connectivity index (χ4n) is 3.29. The zero-order valence-electron chi connectivity index (χ0n) is 16.7. The Balaban J connectivity index is 1.45. The first-order valence-electron chi connectivity index (χ1n) is 9.72. The number of hydrogen-bond acceptors (Lipinski definition) is 7. The standard InChI is InChI=1S/C23H18N4O3S/c1-15-6-4-7-16(12-15)21-25-20(26-30-21)14-31-23-24-19-10-3-2-9-18(19)22(28)27(23)13-17-8-5-11-29-17/h2-12H,13-14H2,1H3. The largest absolute Gasteiger partial charge is 0.467 e. The van der Waals surface area contributed by atoms with Crippen molar-refractivity contribution >= 4 is 22.7 Å². The molecule has 0 spiro atoms. The van der Waals surface area contributed by atoms with E-state index in [2.05, 4.69) is 10.1 Å². The van der Waals surface area contributed by atoms with Gasteiger partial charge in [0.25, 0.3) is 11.4 Å². The van der Waals surface area contributed by atoms with Gasteiger partial charge in [-0.25, -0.2) is 4.98 Å². The minimum atomic E-state index is -0.113. The minimum Gasteiger partial charge on any atom is -0.467 e. The first-order valence-corrected chi connectivity index (χ1v) is 10.7. The number of furan rings is 1. The van der Waals surface area contributed by atoms with Crippen LogP contribution < -0.4 is 5.56 Å². The quantitative estimate of drug-likeness (QED) is 0.285. The molecule has 0 amide bonds. The van der Waals surface area contributed by atoms with Crippen molar-refractivity contribution in [2.45, 2.75) is 24.4 Å². The second kappa shape index (κ2) is 8.23. The Morgan fingerprint density at radius 1 is 1.03 bits per heavy atom. The van der Waals surface area contributed by atoms with E-state index < -0.39 is 0 Å². The molecule has 0 unspecified atom stereocenters. The Morgan fingerprint density at radius 2 is 1.94 bits per heavy atom. The highest BCUT2D eigenvalue weighted by Gasteiger charge is 2.15. The number of aromatic nitrogens is 4. The van der Waals surface area contributed by atoms with Gasteiger partial charge in [0.05, 0.1) is 29.5 Å². The molecule has 2 aromatic carbocycles. The Bertz CT molecular complexity index is 1410. The van der Waals surface area contributed by atoms with E-state index in [0.717, 1.165) is 11.1 Å². The fourth-order valence-corrected chi connectivity index (χ4v) is 4.13. The maximum absolute atomic E-state index is 13.1.